The van der Waals surface area contributed by atoms with E-state index < -0.39 is 20.0 Å². The maximum Gasteiger partial charge on any atom is 0.472 e. The molecule has 10 heteroatoms. The molecule has 1 amide bonds. The Labute approximate surface area is 463 Å². The lowest BCUT2D eigenvalue weighted by atomic mass is 10.0. The molecule has 0 rings (SSSR count). The minimum atomic E-state index is -4.45. The fourth-order valence-corrected chi connectivity index (χ4v) is 9.54. The fourth-order valence-electron chi connectivity index (χ4n) is 8.81. The molecule has 9 nitrogen and oxygen atoms in total. The van der Waals surface area contributed by atoms with Crippen molar-refractivity contribution in [3.05, 3.63) is 72.9 Å². The third kappa shape index (κ3) is 56.0. The molecule has 0 heterocycles. The van der Waals surface area contributed by atoms with Gasteiger partial charge in [-0.1, -0.05) is 242 Å². The highest BCUT2D eigenvalue weighted by atomic mass is 31.2. The molecule has 0 fully saturated rings. The van der Waals surface area contributed by atoms with Crippen molar-refractivity contribution in [2.24, 2.45) is 0 Å². The molecule has 436 valence electrons. The number of quaternary nitrogens is 1. The molecule has 2 N–H and O–H groups in total. The van der Waals surface area contributed by atoms with Crippen molar-refractivity contribution >= 4 is 19.7 Å². The zero-order valence-corrected chi connectivity index (χ0v) is 50.7. The summed E-state index contributed by atoms with van der Waals surface area (Å²) in [5, 5.41) is 3.05. The van der Waals surface area contributed by atoms with Crippen molar-refractivity contribution in [3.63, 3.8) is 0 Å². The predicted molar refractivity (Wildman–Crippen MR) is 323 cm³/mol. The summed E-state index contributed by atoms with van der Waals surface area (Å²) in [5.74, 6) is -0.517. The second-order valence-electron chi connectivity index (χ2n) is 22.2. The van der Waals surface area contributed by atoms with E-state index in [4.69, 9.17) is 13.8 Å². The van der Waals surface area contributed by atoms with Gasteiger partial charge in [0.2, 0.25) is 5.91 Å². The molecule has 0 aromatic rings. The Bertz CT molecular complexity index is 1510. The van der Waals surface area contributed by atoms with Gasteiger partial charge < -0.3 is 19.4 Å². The van der Waals surface area contributed by atoms with Crippen LogP contribution in [0.5, 0.6) is 0 Å². The topological polar surface area (TPSA) is 111 Å². The van der Waals surface area contributed by atoms with Gasteiger partial charge in [0, 0.05) is 12.8 Å². The predicted octanol–water partition coefficient (Wildman–Crippen LogP) is 19.2. The number of nitrogens with zero attached hydrogens (tertiary/aromatic N) is 1. The Balaban J connectivity index is 5.19. The minimum Gasteiger partial charge on any atom is -0.456 e. The van der Waals surface area contributed by atoms with E-state index in [9.17, 15) is 19.0 Å². The lowest BCUT2D eigenvalue weighted by Gasteiger charge is -2.27. The smallest absolute Gasteiger partial charge is 0.456 e. The Morgan fingerprint density at radius 1 is 0.480 bits per heavy atom. The van der Waals surface area contributed by atoms with Crippen LogP contribution in [0, 0.1) is 0 Å². The molecule has 0 aliphatic heterocycles. The number of likely N-dealkylation sites (N-methyl/N-ethyl adjacent to an activating group) is 1. The van der Waals surface area contributed by atoms with E-state index >= 15 is 0 Å². The molecular weight excluding hydrogens is 952 g/mol. The number of phosphoric ester groups is 1. The number of nitrogens with one attached hydrogen (secondary N) is 1. The summed E-state index contributed by atoms with van der Waals surface area (Å²) in [6, 6.07) is -0.856. The van der Waals surface area contributed by atoms with Crippen molar-refractivity contribution in [2.45, 2.75) is 290 Å². The maximum atomic E-state index is 13.5. The monoisotopic (exact) mass is 1070 g/mol. The Morgan fingerprint density at radius 2 is 0.853 bits per heavy atom. The third-order valence-corrected chi connectivity index (χ3v) is 14.6. The Morgan fingerprint density at radius 3 is 1.31 bits per heavy atom. The summed E-state index contributed by atoms with van der Waals surface area (Å²) in [6.45, 7) is 6.88. The van der Waals surface area contributed by atoms with Crippen LogP contribution in [0.2, 0.25) is 0 Å². The number of hydrogen-bond donors (Lipinski definition) is 2. The number of rotatable bonds is 56. The minimum absolute atomic E-state index is 0.0360. The van der Waals surface area contributed by atoms with Crippen LogP contribution in [-0.2, 0) is 27.9 Å². The van der Waals surface area contributed by atoms with Crippen LogP contribution in [0.15, 0.2) is 72.9 Å². The highest BCUT2D eigenvalue weighted by Crippen LogP contribution is 2.43. The zero-order chi connectivity index (χ0) is 55.0. The van der Waals surface area contributed by atoms with E-state index in [1.807, 2.05) is 33.3 Å². The zero-order valence-electron chi connectivity index (χ0n) is 49.8. The number of allylic oxidation sites excluding steroid dienone is 11. The van der Waals surface area contributed by atoms with Crippen molar-refractivity contribution in [1.82, 2.24) is 5.32 Å². The first-order chi connectivity index (χ1) is 36.4. The molecule has 75 heavy (non-hydrogen) atoms. The van der Waals surface area contributed by atoms with Gasteiger partial charge in [-0.3, -0.25) is 18.6 Å². The van der Waals surface area contributed by atoms with E-state index in [2.05, 4.69) is 86.8 Å². The molecule has 0 aromatic carbocycles. The van der Waals surface area contributed by atoms with E-state index in [-0.39, 0.29) is 31.5 Å². The largest absolute Gasteiger partial charge is 0.472 e. The van der Waals surface area contributed by atoms with Crippen LogP contribution >= 0.6 is 7.82 Å². The Hall–Kier alpha value is -2.55. The summed E-state index contributed by atoms with van der Waals surface area (Å²) in [4.78, 5) is 37.7. The van der Waals surface area contributed by atoms with Crippen molar-refractivity contribution < 1.29 is 37.3 Å². The van der Waals surface area contributed by atoms with Crippen LogP contribution < -0.4 is 5.32 Å². The fraction of sp³-hybridized carbons (Fsp3) is 0.785. The number of phosphoric acid groups is 1. The number of hydrogen-bond acceptors (Lipinski definition) is 6. The normalized spacial score (nSPS) is 14.2. The summed E-state index contributed by atoms with van der Waals surface area (Å²) < 4.78 is 30.7. The summed E-state index contributed by atoms with van der Waals surface area (Å²) >= 11 is 0. The number of esters is 1. The number of ether oxygens (including phenoxy) is 1. The molecule has 3 unspecified atom stereocenters. The van der Waals surface area contributed by atoms with Gasteiger partial charge in [0.15, 0.2) is 0 Å². The molecule has 0 radical (unpaired) electrons. The molecule has 0 saturated carbocycles. The summed E-state index contributed by atoms with van der Waals surface area (Å²) in [7, 11) is 1.48. The number of unbranched alkanes of at least 4 members (excludes halogenated alkanes) is 30. The van der Waals surface area contributed by atoms with E-state index in [1.165, 1.54) is 148 Å². The van der Waals surface area contributed by atoms with E-state index in [0.29, 0.717) is 17.4 Å². The highest BCUT2D eigenvalue weighted by Gasteiger charge is 2.30. The third-order valence-electron chi connectivity index (χ3n) is 13.6. The average Bonchev–Trinajstić information content (AvgIpc) is 3.37. The molecule has 0 aliphatic carbocycles. The van der Waals surface area contributed by atoms with Crippen molar-refractivity contribution in [3.8, 4) is 0 Å². The highest BCUT2D eigenvalue weighted by molar-refractivity contribution is 7.47. The first-order valence-electron chi connectivity index (χ1n) is 31.3. The van der Waals surface area contributed by atoms with Gasteiger partial charge in [0.25, 0.3) is 0 Å². The molecule has 0 aromatic heterocycles. The second kappa shape index (κ2) is 54.8. The van der Waals surface area contributed by atoms with Gasteiger partial charge in [-0.2, -0.15) is 0 Å². The number of carbonyl (C=O) groups excluding carboxylic acids is 2. The van der Waals surface area contributed by atoms with Crippen LogP contribution in [0.3, 0.4) is 0 Å². The number of amides is 1. The molecule has 0 spiro atoms. The van der Waals surface area contributed by atoms with Crippen LogP contribution in [0.1, 0.15) is 278 Å². The number of carbonyl (C=O) groups is 2. The van der Waals surface area contributed by atoms with Gasteiger partial charge in [0.1, 0.15) is 19.3 Å². The van der Waals surface area contributed by atoms with Gasteiger partial charge in [-0.05, 0) is 96.0 Å². The molecular formula is C65H120N2O7P+. The first-order valence-corrected chi connectivity index (χ1v) is 32.8. The van der Waals surface area contributed by atoms with Gasteiger partial charge in [-0.15, -0.1) is 0 Å². The summed E-state index contributed by atoms with van der Waals surface area (Å²) in [5.41, 5.74) is 0. The lowest BCUT2D eigenvalue weighted by Crippen LogP contribution is -2.47. The molecule has 0 saturated heterocycles. The van der Waals surface area contributed by atoms with Gasteiger partial charge in [0.05, 0.1) is 33.8 Å². The molecule has 3 atom stereocenters. The summed E-state index contributed by atoms with van der Waals surface area (Å²) in [6.07, 6.45) is 70.4. The Kier molecular flexibility index (Phi) is 52.9. The van der Waals surface area contributed by atoms with Crippen LogP contribution in [0.4, 0.5) is 0 Å². The molecule has 0 aliphatic rings. The standard InChI is InChI=1S/C65H119N2O7P/c1-7-10-13-16-19-22-25-28-30-31-32-33-34-35-36-37-38-40-43-46-49-52-55-58-65(69)74-63(56-53-50-47-44-41-27-24-21-18-15-12-9-3)62(61-73-75(70,71)72-60-59-67(4,5)6)66-64(68)57-54-51-48-45-42-39-29-26-23-20-17-14-11-8-2/h11,14,19-20,22-23,28,30,32-33,53,56,62-63H,7-10,12-13,15-18,21,24-27,29,31,34-52,54-55,57-61H2,1-6H3,(H-,66,68,70,71)/p+1/b14-11+,22-19-,23-20+,30-28-,33-32-,56-53-. The van der Waals surface area contributed by atoms with E-state index in [0.717, 1.165) is 96.3 Å². The van der Waals surface area contributed by atoms with E-state index in [1.54, 1.807) is 0 Å². The SMILES string of the molecule is CC/C=C/C/C=C/CCCCCCCCCC(=O)NC(COP(=O)(O)OCC[N+](C)(C)C)C(/C=C\CCCCCCCCCCCC)OC(=O)CCCCCCCCCCCC/C=C\C/C=C\C/C=C\CCCCC. The molecule has 0 bridgehead atoms. The van der Waals surface area contributed by atoms with Crippen molar-refractivity contribution in [1.29, 1.82) is 0 Å². The van der Waals surface area contributed by atoms with Gasteiger partial charge >= 0.3 is 13.8 Å². The first kappa shape index (κ1) is 72.5. The second-order valence-corrected chi connectivity index (χ2v) is 23.6. The lowest BCUT2D eigenvalue weighted by molar-refractivity contribution is -0.870. The maximum absolute atomic E-state index is 13.5. The van der Waals surface area contributed by atoms with Crippen molar-refractivity contribution in [2.75, 3.05) is 40.9 Å². The quantitative estimate of drug-likeness (QED) is 0.0205. The van der Waals surface area contributed by atoms with Crippen LogP contribution in [-0.4, -0.2) is 74.3 Å². The average molecular weight is 1070 g/mol. The van der Waals surface area contributed by atoms with Crippen LogP contribution in [0.25, 0.3) is 0 Å². The van der Waals surface area contributed by atoms with Gasteiger partial charge in [-0.25, -0.2) is 4.57 Å².